The second-order valence-corrected chi connectivity index (χ2v) is 6.37. The van der Waals surface area contributed by atoms with E-state index in [0.29, 0.717) is 0 Å². The van der Waals surface area contributed by atoms with Gasteiger partial charge in [-0.1, -0.05) is 18.2 Å². The van der Waals surface area contributed by atoms with E-state index < -0.39 is 0 Å². The number of rotatable bonds is 5. The van der Waals surface area contributed by atoms with Gasteiger partial charge < -0.3 is 15.1 Å². The zero-order chi connectivity index (χ0) is 18.2. The maximum atomic E-state index is 13.2. The first kappa shape index (κ1) is 18.2. The van der Waals surface area contributed by atoms with E-state index in [9.17, 15) is 4.39 Å². The van der Waals surface area contributed by atoms with Gasteiger partial charge in [0.05, 0.1) is 0 Å². The number of halogens is 1. The standard InChI is InChI=1S/C20H26FN5/c1-22-20(24-11-5-7-17-6-4-8-18(21)16-17)26-14-12-25(13-15-26)19-9-2-3-10-23-19/h2-4,6,8-10,16H,5,7,11-15H2,1H3,(H,22,24). The molecule has 1 saturated heterocycles. The van der Waals surface area contributed by atoms with Crippen molar-refractivity contribution in [3.05, 3.63) is 60.0 Å². The molecule has 0 saturated carbocycles. The van der Waals surface area contributed by atoms with Crippen molar-refractivity contribution >= 4 is 11.8 Å². The Hall–Kier alpha value is -2.63. The monoisotopic (exact) mass is 355 g/mol. The molecule has 0 aliphatic carbocycles. The number of guanidine groups is 1. The van der Waals surface area contributed by atoms with E-state index in [1.165, 1.54) is 6.07 Å². The minimum Gasteiger partial charge on any atom is -0.356 e. The van der Waals surface area contributed by atoms with E-state index in [2.05, 4.69) is 31.2 Å². The molecule has 1 N–H and O–H groups in total. The van der Waals surface area contributed by atoms with E-state index in [0.717, 1.165) is 62.9 Å². The number of aryl methyl sites for hydroxylation is 1. The van der Waals surface area contributed by atoms with Crippen LogP contribution in [0.2, 0.25) is 0 Å². The number of pyridine rings is 1. The highest BCUT2D eigenvalue weighted by molar-refractivity contribution is 5.80. The maximum absolute atomic E-state index is 13.2. The van der Waals surface area contributed by atoms with Crippen molar-refractivity contribution in [1.82, 2.24) is 15.2 Å². The molecule has 1 fully saturated rings. The summed E-state index contributed by atoms with van der Waals surface area (Å²) in [6.45, 7) is 4.52. The molecule has 138 valence electrons. The quantitative estimate of drug-likeness (QED) is 0.509. The highest BCUT2D eigenvalue weighted by Gasteiger charge is 2.20. The summed E-state index contributed by atoms with van der Waals surface area (Å²) in [4.78, 5) is 13.4. The van der Waals surface area contributed by atoms with Crippen LogP contribution >= 0.6 is 0 Å². The van der Waals surface area contributed by atoms with Gasteiger partial charge in [0, 0.05) is 46.0 Å². The van der Waals surface area contributed by atoms with E-state index in [4.69, 9.17) is 0 Å². The van der Waals surface area contributed by atoms with Gasteiger partial charge in [-0.25, -0.2) is 9.37 Å². The first-order valence-electron chi connectivity index (χ1n) is 9.12. The van der Waals surface area contributed by atoms with Crippen LogP contribution in [0.15, 0.2) is 53.7 Å². The summed E-state index contributed by atoms with van der Waals surface area (Å²) in [7, 11) is 1.82. The Bertz CT molecular complexity index is 711. The zero-order valence-electron chi connectivity index (χ0n) is 15.2. The average molecular weight is 355 g/mol. The van der Waals surface area contributed by atoms with Gasteiger partial charge in [0.1, 0.15) is 11.6 Å². The highest BCUT2D eigenvalue weighted by Crippen LogP contribution is 2.12. The zero-order valence-corrected chi connectivity index (χ0v) is 15.2. The lowest BCUT2D eigenvalue weighted by atomic mass is 10.1. The largest absolute Gasteiger partial charge is 0.356 e. The van der Waals surface area contributed by atoms with Gasteiger partial charge >= 0.3 is 0 Å². The van der Waals surface area contributed by atoms with Crippen molar-refractivity contribution < 1.29 is 4.39 Å². The SMILES string of the molecule is CN=C(NCCCc1cccc(F)c1)N1CCN(c2ccccn2)CC1. The van der Waals surface area contributed by atoms with Crippen molar-refractivity contribution in [3.8, 4) is 0 Å². The number of benzene rings is 1. The Kier molecular flexibility index (Phi) is 6.41. The molecule has 0 amide bonds. The number of nitrogens with zero attached hydrogens (tertiary/aromatic N) is 4. The van der Waals surface area contributed by atoms with Crippen molar-refractivity contribution in [2.75, 3.05) is 44.7 Å². The molecule has 1 aliphatic heterocycles. The molecule has 2 aromatic rings. The fourth-order valence-corrected chi connectivity index (χ4v) is 3.21. The Morgan fingerprint density at radius 1 is 1.15 bits per heavy atom. The maximum Gasteiger partial charge on any atom is 0.193 e. The van der Waals surface area contributed by atoms with Gasteiger partial charge in [0.2, 0.25) is 0 Å². The van der Waals surface area contributed by atoms with Gasteiger partial charge in [0.15, 0.2) is 5.96 Å². The highest BCUT2D eigenvalue weighted by atomic mass is 19.1. The molecule has 0 spiro atoms. The lowest BCUT2D eigenvalue weighted by Crippen LogP contribution is -2.52. The number of anilines is 1. The van der Waals surface area contributed by atoms with Gasteiger partial charge in [0.25, 0.3) is 0 Å². The van der Waals surface area contributed by atoms with Gasteiger partial charge in [-0.3, -0.25) is 4.99 Å². The molecule has 2 heterocycles. The van der Waals surface area contributed by atoms with Gasteiger partial charge in [-0.2, -0.15) is 0 Å². The number of aliphatic imine (C=N–C) groups is 1. The van der Waals surface area contributed by atoms with Crippen LogP contribution in [0.3, 0.4) is 0 Å². The summed E-state index contributed by atoms with van der Waals surface area (Å²) in [6.07, 6.45) is 3.63. The number of hydrogen-bond donors (Lipinski definition) is 1. The minimum absolute atomic E-state index is 0.169. The van der Waals surface area contributed by atoms with E-state index in [-0.39, 0.29) is 5.82 Å². The van der Waals surface area contributed by atoms with Crippen LogP contribution in [0.25, 0.3) is 0 Å². The lowest BCUT2D eigenvalue weighted by Gasteiger charge is -2.37. The molecular formula is C20H26FN5. The Balaban J connectivity index is 1.42. The van der Waals surface area contributed by atoms with Gasteiger partial charge in [-0.15, -0.1) is 0 Å². The number of nitrogens with one attached hydrogen (secondary N) is 1. The van der Waals surface area contributed by atoms with E-state index in [1.54, 1.807) is 12.1 Å². The molecule has 3 rings (SSSR count). The third-order valence-electron chi connectivity index (χ3n) is 4.58. The summed E-state index contributed by atoms with van der Waals surface area (Å²) in [5.41, 5.74) is 1.03. The van der Waals surface area contributed by atoms with Crippen LogP contribution in [0.1, 0.15) is 12.0 Å². The van der Waals surface area contributed by atoms with Crippen molar-refractivity contribution in [2.45, 2.75) is 12.8 Å². The fourth-order valence-electron chi connectivity index (χ4n) is 3.21. The molecule has 1 aromatic heterocycles. The first-order chi connectivity index (χ1) is 12.8. The van der Waals surface area contributed by atoms with Crippen LogP contribution < -0.4 is 10.2 Å². The van der Waals surface area contributed by atoms with Crippen LogP contribution in [-0.4, -0.2) is 55.6 Å². The fraction of sp³-hybridized carbons (Fsp3) is 0.400. The normalized spacial score (nSPS) is 15.2. The summed E-state index contributed by atoms with van der Waals surface area (Å²) in [5.74, 6) is 1.80. The van der Waals surface area contributed by atoms with Crippen molar-refractivity contribution in [2.24, 2.45) is 4.99 Å². The number of aromatic nitrogens is 1. The molecule has 0 unspecified atom stereocenters. The van der Waals surface area contributed by atoms with Gasteiger partial charge in [-0.05, 0) is 42.7 Å². The molecule has 26 heavy (non-hydrogen) atoms. The third-order valence-corrected chi connectivity index (χ3v) is 4.58. The first-order valence-corrected chi connectivity index (χ1v) is 9.12. The third kappa shape index (κ3) is 4.94. The molecule has 1 aliphatic rings. The molecule has 1 aromatic carbocycles. The molecule has 0 radical (unpaired) electrons. The Morgan fingerprint density at radius 3 is 2.69 bits per heavy atom. The molecule has 5 nitrogen and oxygen atoms in total. The molecular weight excluding hydrogens is 329 g/mol. The summed E-state index contributed by atoms with van der Waals surface area (Å²) in [6, 6.07) is 12.8. The predicted octanol–water partition coefficient (Wildman–Crippen LogP) is 2.55. The van der Waals surface area contributed by atoms with Crippen molar-refractivity contribution in [1.29, 1.82) is 0 Å². The summed E-state index contributed by atoms with van der Waals surface area (Å²) in [5, 5.41) is 3.43. The topological polar surface area (TPSA) is 43.8 Å². The van der Waals surface area contributed by atoms with E-state index >= 15 is 0 Å². The molecule has 6 heteroatoms. The van der Waals surface area contributed by atoms with Crippen LogP contribution in [0, 0.1) is 5.82 Å². The van der Waals surface area contributed by atoms with Crippen molar-refractivity contribution in [3.63, 3.8) is 0 Å². The van der Waals surface area contributed by atoms with Crippen LogP contribution in [-0.2, 0) is 6.42 Å². The Labute approximate surface area is 154 Å². The summed E-state index contributed by atoms with van der Waals surface area (Å²) >= 11 is 0. The minimum atomic E-state index is -0.169. The Morgan fingerprint density at radius 2 is 2.00 bits per heavy atom. The van der Waals surface area contributed by atoms with Crippen LogP contribution in [0.4, 0.5) is 10.2 Å². The number of piperazine rings is 1. The second kappa shape index (κ2) is 9.17. The average Bonchev–Trinajstić information content (AvgIpc) is 2.69. The molecule has 0 bridgehead atoms. The van der Waals surface area contributed by atoms with Crippen LogP contribution in [0.5, 0.6) is 0 Å². The lowest BCUT2D eigenvalue weighted by molar-refractivity contribution is 0.371. The smallest absolute Gasteiger partial charge is 0.193 e. The number of hydrogen-bond acceptors (Lipinski definition) is 3. The van der Waals surface area contributed by atoms with E-state index in [1.807, 2.05) is 31.4 Å². The summed E-state index contributed by atoms with van der Waals surface area (Å²) < 4.78 is 13.2. The predicted molar refractivity (Wildman–Crippen MR) is 104 cm³/mol. The molecule has 0 atom stereocenters. The second-order valence-electron chi connectivity index (χ2n) is 6.37.